The topological polar surface area (TPSA) is 192 Å². The van der Waals surface area contributed by atoms with E-state index in [2.05, 4.69) is 25.1 Å². The molecule has 65 heavy (non-hydrogen) atoms. The summed E-state index contributed by atoms with van der Waals surface area (Å²) < 4.78 is 7.97. The number of nitrogen functional groups attached to an aromatic ring is 1. The molecule has 6 amide bonds. The molecule has 5 aliphatic heterocycles. The molecule has 4 saturated heterocycles. The Hall–Kier alpha value is -6.72. The summed E-state index contributed by atoms with van der Waals surface area (Å²) >= 11 is 0. The van der Waals surface area contributed by atoms with Crippen molar-refractivity contribution in [3.8, 4) is 22.8 Å². The van der Waals surface area contributed by atoms with Gasteiger partial charge in [0, 0.05) is 51.3 Å². The maximum absolute atomic E-state index is 13.7. The molecule has 0 radical (unpaired) electrons. The van der Waals surface area contributed by atoms with Gasteiger partial charge in [-0.1, -0.05) is 24.3 Å². The van der Waals surface area contributed by atoms with E-state index in [-0.39, 0.29) is 36.7 Å². The van der Waals surface area contributed by atoms with Gasteiger partial charge < -0.3 is 25.2 Å². The third-order valence-electron chi connectivity index (χ3n) is 13.8. The zero-order chi connectivity index (χ0) is 44.6. The molecule has 3 N–H and O–H groups in total. The minimum Gasteiger partial charge on any atom is -0.457 e. The minimum atomic E-state index is -0.963. The van der Waals surface area contributed by atoms with Crippen LogP contribution >= 0.6 is 0 Å². The fourth-order valence-electron chi connectivity index (χ4n) is 10.2. The molecule has 0 spiro atoms. The Morgan fingerprint density at radius 3 is 2.12 bits per heavy atom. The number of rotatable bonds is 10. The lowest BCUT2D eigenvalue weighted by Crippen LogP contribution is -2.54. The molecule has 3 aromatic carbocycles. The quantitative estimate of drug-likeness (QED) is 0.181. The van der Waals surface area contributed by atoms with Crippen LogP contribution in [0.15, 0.2) is 79.1 Å². The van der Waals surface area contributed by atoms with Crippen LogP contribution in [0.2, 0.25) is 0 Å². The summed E-state index contributed by atoms with van der Waals surface area (Å²) in [5.41, 5.74) is 10.4. The van der Waals surface area contributed by atoms with Gasteiger partial charge in [0.25, 0.3) is 11.8 Å². The number of nitrogens with two attached hydrogens (primary N) is 1. The van der Waals surface area contributed by atoms with Crippen LogP contribution in [0.4, 0.5) is 10.6 Å². The molecular formula is C48H53N11O6. The number of aromatic nitrogens is 4. The predicted octanol–water partition coefficient (Wildman–Crippen LogP) is 4.91. The number of piperidine rings is 3. The summed E-state index contributed by atoms with van der Waals surface area (Å²) in [4.78, 5) is 83.2. The molecule has 4 fully saturated rings. The number of fused-ring (bicyclic) bond motifs is 2. The Morgan fingerprint density at radius 1 is 0.723 bits per heavy atom. The SMILES string of the molecule is Nc1ncnc2c1c(-c1ccc(Oc3ccccc3)cc1)nn2C1CCN(C(=O)N2CCN(CCCN3CCC(c4ccc5c(c4)C(=O)N(C4CCC(=O)NC4=O)C5=O)CC3)CC2)CC1. The number of amides is 6. The van der Waals surface area contributed by atoms with Gasteiger partial charge >= 0.3 is 6.03 Å². The molecule has 5 aliphatic rings. The van der Waals surface area contributed by atoms with E-state index < -0.39 is 23.8 Å². The molecule has 10 rings (SSSR count). The second-order valence-electron chi connectivity index (χ2n) is 17.7. The van der Waals surface area contributed by atoms with E-state index in [0.717, 1.165) is 110 Å². The molecule has 0 saturated carbocycles. The highest BCUT2D eigenvalue weighted by atomic mass is 16.5. The van der Waals surface area contributed by atoms with Crippen molar-refractivity contribution in [2.24, 2.45) is 0 Å². The molecular weight excluding hydrogens is 827 g/mol. The predicted molar refractivity (Wildman–Crippen MR) is 241 cm³/mol. The van der Waals surface area contributed by atoms with Crippen LogP contribution in [0.5, 0.6) is 11.5 Å². The lowest BCUT2D eigenvalue weighted by Gasteiger charge is -2.40. The number of benzene rings is 3. The Balaban J connectivity index is 0.663. The van der Waals surface area contributed by atoms with Crippen LogP contribution in [-0.2, 0) is 9.59 Å². The highest BCUT2D eigenvalue weighted by molar-refractivity contribution is 6.23. The molecule has 0 aliphatic carbocycles. The van der Waals surface area contributed by atoms with Crippen molar-refractivity contribution in [3.63, 3.8) is 0 Å². The number of urea groups is 1. The largest absolute Gasteiger partial charge is 0.457 e. The lowest BCUT2D eigenvalue weighted by atomic mass is 9.88. The number of nitrogens with zero attached hydrogens (tertiary/aromatic N) is 9. The summed E-state index contributed by atoms with van der Waals surface area (Å²) in [6, 6.07) is 22.1. The number of piperazine rings is 1. The van der Waals surface area contributed by atoms with E-state index in [4.69, 9.17) is 15.6 Å². The first-order valence-corrected chi connectivity index (χ1v) is 22.8. The first-order valence-electron chi connectivity index (χ1n) is 22.8. The van der Waals surface area contributed by atoms with Gasteiger partial charge in [-0.2, -0.15) is 5.10 Å². The van der Waals surface area contributed by atoms with Crippen LogP contribution in [0.1, 0.15) is 83.2 Å². The van der Waals surface area contributed by atoms with Gasteiger partial charge in [-0.3, -0.25) is 34.3 Å². The average Bonchev–Trinajstić information content (AvgIpc) is 3.84. The Kier molecular flexibility index (Phi) is 11.7. The zero-order valence-corrected chi connectivity index (χ0v) is 36.3. The van der Waals surface area contributed by atoms with Crippen molar-refractivity contribution < 1.29 is 28.7 Å². The van der Waals surface area contributed by atoms with Gasteiger partial charge in [-0.15, -0.1) is 0 Å². The van der Waals surface area contributed by atoms with Crippen molar-refractivity contribution in [2.75, 3.05) is 71.2 Å². The first-order chi connectivity index (χ1) is 31.7. The number of hydrogen-bond donors (Lipinski definition) is 2. The fraction of sp³-hybridized carbons (Fsp3) is 0.417. The zero-order valence-electron chi connectivity index (χ0n) is 36.3. The van der Waals surface area contributed by atoms with Gasteiger partial charge in [0.05, 0.1) is 22.6 Å². The molecule has 17 heteroatoms. The number of carbonyl (C=O) groups is 5. The fourth-order valence-corrected chi connectivity index (χ4v) is 10.2. The van der Waals surface area contributed by atoms with Gasteiger partial charge in [-0.05, 0) is 125 Å². The number of imide groups is 2. The van der Waals surface area contributed by atoms with E-state index in [1.165, 1.54) is 6.33 Å². The van der Waals surface area contributed by atoms with Crippen molar-refractivity contribution >= 4 is 46.5 Å². The number of para-hydroxylation sites is 1. The van der Waals surface area contributed by atoms with Crippen LogP contribution < -0.4 is 15.8 Å². The first kappa shape index (κ1) is 42.2. The Labute approximate surface area is 376 Å². The van der Waals surface area contributed by atoms with Crippen LogP contribution in [0, 0.1) is 0 Å². The number of ether oxygens (including phenoxy) is 1. The van der Waals surface area contributed by atoms with E-state index in [0.29, 0.717) is 48.8 Å². The Bertz CT molecular complexity index is 2610. The maximum atomic E-state index is 13.7. The lowest BCUT2D eigenvalue weighted by molar-refractivity contribution is -0.136. The van der Waals surface area contributed by atoms with E-state index in [1.807, 2.05) is 81.2 Å². The standard InChI is InChI=1S/C48H53N11O6/c49-43-41-42(32-7-10-36(11-8-32)65-35-5-2-1-3-6-35)53-59(44(41)51-30-50-43)34-17-23-56(24-18-34)48(64)57-27-25-55(26-28-57)20-4-19-54-21-15-31(16-22-54)33-9-12-37-38(29-33)47(63)58(46(37)62)39-13-14-40(60)52-45(39)61/h1-3,5-12,29-31,34,39H,4,13-28H2,(H2,49,50,51)(H,52,60,61). The molecule has 7 heterocycles. The molecule has 0 bridgehead atoms. The van der Waals surface area contributed by atoms with Gasteiger partial charge in [0.15, 0.2) is 5.65 Å². The Morgan fingerprint density at radius 2 is 1.40 bits per heavy atom. The van der Waals surface area contributed by atoms with E-state index in [9.17, 15) is 24.0 Å². The normalized spacial score (nSPS) is 20.4. The van der Waals surface area contributed by atoms with Crippen LogP contribution in [0.25, 0.3) is 22.3 Å². The summed E-state index contributed by atoms with van der Waals surface area (Å²) in [5, 5.41) is 8.04. The summed E-state index contributed by atoms with van der Waals surface area (Å²) in [6.07, 6.45) is 6.20. The maximum Gasteiger partial charge on any atom is 0.320 e. The third-order valence-corrected chi connectivity index (χ3v) is 13.8. The number of carbonyl (C=O) groups excluding carboxylic acids is 5. The van der Waals surface area contributed by atoms with Crippen molar-refractivity contribution in [3.05, 3.63) is 95.8 Å². The molecule has 17 nitrogen and oxygen atoms in total. The number of anilines is 1. The third kappa shape index (κ3) is 8.53. The number of nitrogens with one attached hydrogen (secondary N) is 1. The van der Waals surface area contributed by atoms with Crippen molar-refractivity contribution in [2.45, 2.75) is 62.9 Å². The number of likely N-dealkylation sites (tertiary alicyclic amines) is 2. The summed E-state index contributed by atoms with van der Waals surface area (Å²) in [7, 11) is 0. The highest BCUT2D eigenvalue weighted by Crippen LogP contribution is 2.37. The van der Waals surface area contributed by atoms with Crippen LogP contribution in [0.3, 0.4) is 0 Å². The second kappa shape index (κ2) is 18.0. The smallest absolute Gasteiger partial charge is 0.320 e. The number of hydrogen-bond acceptors (Lipinski definition) is 12. The molecule has 336 valence electrons. The molecule has 2 aromatic heterocycles. The van der Waals surface area contributed by atoms with E-state index >= 15 is 0 Å². The second-order valence-corrected chi connectivity index (χ2v) is 17.7. The van der Waals surface area contributed by atoms with Crippen molar-refractivity contribution in [1.29, 1.82) is 0 Å². The summed E-state index contributed by atoms with van der Waals surface area (Å²) in [5.74, 6) is 0.220. The van der Waals surface area contributed by atoms with Gasteiger partial charge in [0.1, 0.15) is 35.4 Å². The van der Waals surface area contributed by atoms with Gasteiger partial charge in [-0.25, -0.2) is 19.4 Å². The summed E-state index contributed by atoms with van der Waals surface area (Å²) in [6.45, 7) is 8.29. The van der Waals surface area contributed by atoms with E-state index in [1.54, 1.807) is 6.07 Å². The average molecular weight is 880 g/mol. The van der Waals surface area contributed by atoms with Crippen molar-refractivity contribution in [1.82, 2.24) is 49.6 Å². The minimum absolute atomic E-state index is 0.0597. The molecule has 1 unspecified atom stereocenters. The van der Waals surface area contributed by atoms with Gasteiger partial charge in [0.2, 0.25) is 11.8 Å². The van der Waals surface area contributed by atoms with Crippen LogP contribution in [-0.4, -0.2) is 145 Å². The molecule has 5 aromatic rings. The molecule has 1 atom stereocenters. The highest BCUT2D eigenvalue weighted by Gasteiger charge is 2.45. The monoisotopic (exact) mass is 879 g/mol.